The van der Waals surface area contributed by atoms with Gasteiger partial charge in [-0.25, -0.2) is 0 Å². The highest BCUT2D eigenvalue weighted by Crippen LogP contribution is 2.30. The van der Waals surface area contributed by atoms with E-state index in [1.165, 1.54) is 17.7 Å². The van der Waals surface area contributed by atoms with Gasteiger partial charge in [-0.2, -0.15) is 13.2 Å². The molecule has 0 spiro atoms. The van der Waals surface area contributed by atoms with Crippen LogP contribution in [0.3, 0.4) is 0 Å². The fourth-order valence-electron chi connectivity index (χ4n) is 4.10. The van der Waals surface area contributed by atoms with Crippen molar-refractivity contribution in [1.29, 1.82) is 0 Å². The Kier molecular flexibility index (Phi) is 7.47. The second-order valence-corrected chi connectivity index (χ2v) is 8.37. The van der Waals surface area contributed by atoms with Crippen molar-refractivity contribution in [2.45, 2.75) is 19.0 Å². The second-order valence-electron chi connectivity index (χ2n) is 8.37. The average Bonchev–Trinajstić information content (AvgIpc) is 2.84. The Balaban J connectivity index is 1.32. The summed E-state index contributed by atoms with van der Waals surface area (Å²) in [5, 5.41) is 2.94. The minimum Gasteiger partial charge on any atom is -0.367 e. The summed E-state index contributed by atoms with van der Waals surface area (Å²) < 4.78 is 38.2. The molecule has 34 heavy (non-hydrogen) atoms. The number of pyridine rings is 1. The van der Waals surface area contributed by atoms with Gasteiger partial charge in [0.15, 0.2) is 0 Å². The number of rotatable bonds is 7. The van der Waals surface area contributed by atoms with Crippen molar-refractivity contribution >= 4 is 17.3 Å². The molecule has 1 aliphatic rings. The summed E-state index contributed by atoms with van der Waals surface area (Å²) in [5.74, 6) is -0.261. The zero-order valence-electron chi connectivity index (χ0n) is 18.8. The van der Waals surface area contributed by atoms with E-state index in [4.69, 9.17) is 0 Å². The Hall–Kier alpha value is -3.39. The van der Waals surface area contributed by atoms with Gasteiger partial charge in [-0.05, 0) is 53.9 Å². The van der Waals surface area contributed by atoms with E-state index in [0.29, 0.717) is 11.3 Å². The highest BCUT2D eigenvalue weighted by molar-refractivity contribution is 5.95. The van der Waals surface area contributed by atoms with Gasteiger partial charge in [0.2, 0.25) is 5.91 Å². The number of anilines is 2. The standard InChI is InChI=1S/C26H27F3N4O/c27-26(28,29)22-7-5-21(6-8-22)19-25(34)31-23-3-1-2-4-24(23)33-17-15-32(16-18-33)14-11-20-9-12-30-13-10-20/h1-10,12-13H,11,14-19H2,(H,31,34). The van der Waals surface area contributed by atoms with E-state index in [0.717, 1.165) is 57.0 Å². The molecule has 0 bridgehead atoms. The van der Waals surface area contributed by atoms with E-state index in [2.05, 4.69) is 20.1 Å². The molecule has 2 heterocycles. The summed E-state index contributed by atoms with van der Waals surface area (Å²) in [7, 11) is 0. The van der Waals surface area contributed by atoms with Crippen molar-refractivity contribution in [3.05, 3.63) is 89.7 Å². The lowest BCUT2D eigenvalue weighted by Gasteiger charge is -2.37. The summed E-state index contributed by atoms with van der Waals surface area (Å²) in [4.78, 5) is 21.4. The minimum atomic E-state index is -4.39. The number of carbonyl (C=O) groups is 1. The van der Waals surface area contributed by atoms with E-state index in [-0.39, 0.29) is 12.3 Å². The van der Waals surface area contributed by atoms with Crippen LogP contribution in [0.15, 0.2) is 73.1 Å². The van der Waals surface area contributed by atoms with Gasteiger partial charge in [0.25, 0.3) is 0 Å². The predicted molar refractivity (Wildman–Crippen MR) is 127 cm³/mol. The number of carbonyl (C=O) groups excluding carboxylic acids is 1. The second kappa shape index (κ2) is 10.7. The molecule has 4 rings (SSSR count). The average molecular weight is 469 g/mol. The maximum Gasteiger partial charge on any atom is 0.416 e. The molecule has 8 heteroatoms. The summed E-state index contributed by atoms with van der Waals surface area (Å²) >= 11 is 0. The molecular formula is C26H27F3N4O. The molecule has 1 N–H and O–H groups in total. The molecule has 1 saturated heterocycles. The van der Waals surface area contributed by atoms with E-state index in [1.807, 2.05) is 48.8 Å². The number of benzene rings is 2. The number of hydrogen-bond donors (Lipinski definition) is 1. The summed E-state index contributed by atoms with van der Waals surface area (Å²) in [6, 6.07) is 16.4. The van der Waals surface area contributed by atoms with Crippen LogP contribution in [-0.4, -0.2) is 48.5 Å². The molecule has 0 aliphatic carbocycles. The van der Waals surface area contributed by atoms with E-state index >= 15 is 0 Å². The van der Waals surface area contributed by atoms with Gasteiger partial charge in [0.05, 0.1) is 23.4 Å². The SMILES string of the molecule is O=C(Cc1ccc(C(F)(F)F)cc1)Nc1ccccc1N1CCN(CCc2ccncc2)CC1. The lowest BCUT2D eigenvalue weighted by Crippen LogP contribution is -2.47. The molecule has 3 aromatic rings. The zero-order chi connectivity index (χ0) is 24.0. The number of nitrogens with one attached hydrogen (secondary N) is 1. The molecule has 5 nitrogen and oxygen atoms in total. The zero-order valence-corrected chi connectivity index (χ0v) is 18.8. The minimum absolute atomic E-state index is 0.00918. The van der Waals surface area contributed by atoms with Crippen molar-refractivity contribution in [3.8, 4) is 0 Å². The summed E-state index contributed by atoms with van der Waals surface area (Å²) in [6.45, 7) is 4.55. The summed E-state index contributed by atoms with van der Waals surface area (Å²) in [6.07, 6.45) is 0.239. The quantitative estimate of drug-likeness (QED) is 0.549. The third-order valence-corrected chi connectivity index (χ3v) is 6.00. The first-order valence-corrected chi connectivity index (χ1v) is 11.3. The van der Waals surface area contributed by atoms with Crippen LogP contribution in [0, 0.1) is 0 Å². The number of piperazine rings is 1. The van der Waals surface area contributed by atoms with Gasteiger partial charge in [0, 0.05) is 45.1 Å². The van der Waals surface area contributed by atoms with Crippen molar-refractivity contribution in [2.24, 2.45) is 0 Å². The predicted octanol–water partition coefficient (Wildman–Crippen LogP) is 4.65. The normalized spacial score (nSPS) is 14.7. The first-order valence-electron chi connectivity index (χ1n) is 11.3. The number of halogens is 3. The Morgan fingerprint density at radius 2 is 1.56 bits per heavy atom. The van der Waals surface area contributed by atoms with Crippen LogP contribution >= 0.6 is 0 Å². The molecule has 0 saturated carbocycles. The lowest BCUT2D eigenvalue weighted by molar-refractivity contribution is -0.137. The Labute approximate surface area is 197 Å². The molecular weight excluding hydrogens is 441 g/mol. The molecule has 2 aromatic carbocycles. The van der Waals surface area contributed by atoms with E-state index < -0.39 is 11.7 Å². The van der Waals surface area contributed by atoms with Crippen LogP contribution in [-0.2, 0) is 23.8 Å². The van der Waals surface area contributed by atoms with Gasteiger partial charge in [-0.15, -0.1) is 0 Å². The maximum absolute atomic E-state index is 12.7. The molecule has 0 unspecified atom stereocenters. The molecule has 0 atom stereocenters. The van der Waals surface area contributed by atoms with E-state index in [9.17, 15) is 18.0 Å². The molecule has 0 radical (unpaired) electrons. The Morgan fingerprint density at radius 1 is 0.882 bits per heavy atom. The Morgan fingerprint density at radius 3 is 2.24 bits per heavy atom. The monoisotopic (exact) mass is 468 g/mol. The first kappa shape index (κ1) is 23.8. The topological polar surface area (TPSA) is 48.5 Å². The molecule has 1 fully saturated rings. The van der Waals surface area contributed by atoms with Crippen molar-refractivity contribution in [1.82, 2.24) is 9.88 Å². The van der Waals surface area contributed by atoms with Gasteiger partial charge >= 0.3 is 6.18 Å². The molecule has 1 aromatic heterocycles. The number of nitrogens with zero attached hydrogens (tertiary/aromatic N) is 3. The molecule has 1 aliphatic heterocycles. The fraction of sp³-hybridized carbons (Fsp3) is 0.308. The third kappa shape index (κ3) is 6.35. The van der Waals surface area contributed by atoms with Crippen LogP contribution in [0.1, 0.15) is 16.7 Å². The van der Waals surface area contributed by atoms with Gasteiger partial charge in [-0.3, -0.25) is 14.7 Å². The van der Waals surface area contributed by atoms with Crippen molar-refractivity contribution in [2.75, 3.05) is 42.9 Å². The molecule has 178 valence electrons. The first-order chi connectivity index (χ1) is 16.4. The lowest BCUT2D eigenvalue weighted by atomic mass is 10.1. The van der Waals surface area contributed by atoms with Crippen molar-refractivity contribution in [3.63, 3.8) is 0 Å². The maximum atomic E-state index is 12.7. The Bertz CT molecular complexity index is 1080. The van der Waals surface area contributed by atoms with Crippen LogP contribution in [0.2, 0.25) is 0 Å². The van der Waals surface area contributed by atoms with Gasteiger partial charge in [0.1, 0.15) is 0 Å². The number of aromatic nitrogens is 1. The summed E-state index contributed by atoms with van der Waals surface area (Å²) in [5.41, 5.74) is 2.76. The number of para-hydroxylation sites is 2. The largest absolute Gasteiger partial charge is 0.416 e. The fourth-order valence-corrected chi connectivity index (χ4v) is 4.10. The highest BCUT2D eigenvalue weighted by atomic mass is 19.4. The third-order valence-electron chi connectivity index (χ3n) is 6.00. The molecule has 1 amide bonds. The smallest absolute Gasteiger partial charge is 0.367 e. The number of alkyl halides is 3. The van der Waals surface area contributed by atoms with Gasteiger partial charge in [-0.1, -0.05) is 24.3 Å². The van der Waals surface area contributed by atoms with Crippen LogP contribution in [0.25, 0.3) is 0 Å². The van der Waals surface area contributed by atoms with Gasteiger partial charge < -0.3 is 10.2 Å². The van der Waals surface area contributed by atoms with Crippen LogP contribution in [0.5, 0.6) is 0 Å². The number of hydrogen-bond acceptors (Lipinski definition) is 4. The van der Waals surface area contributed by atoms with E-state index in [1.54, 1.807) is 0 Å². The number of amides is 1. The van der Waals surface area contributed by atoms with Crippen LogP contribution < -0.4 is 10.2 Å². The van der Waals surface area contributed by atoms with Crippen LogP contribution in [0.4, 0.5) is 24.5 Å². The van der Waals surface area contributed by atoms with Crippen molar-refractivity contribution < 1.29 is 18.0 Å². The highest BCUT2D eigenvalue weighted by Gasteiger charge is 2.30.